The molecule has 1 aromatic carbocycles. The van der Waals surface area contributed by atoms with Crippen molar-refractivity contribution in [1.29, 1.82) is 0 Å². The Bertz CT molecular complexity index is 372. The smallest absolute Gasteiger partial charge is 0.276 e. The monoisotopic (exact) mass is 192 g/mol. The van der Waals surface area contributed by atoms with Crippen molar-refractivity contribution in [3.63, 3.8) is 0 Å². The van der Waals surface area contributed by atoms with Crippen molar-refractivity contribution in [2.45, 2.75) is 6.92 Å². The lowest BCUT2D eigenvalue weighted by Crippen LogP contribution is -1.94. The fourth-order valence-electron chi connectivity index (χ4n) is 1.17. The van der Waals surface area contributed by atoms with Gasteiger partial charge < -0.3 is 5.73 Å². The molecule has 0 bridgehead atoms. The fraction of sp³-hybridized carbons (Fsp3) is 0.200. The molecular formula is C10H12N2O2. The molecule has 0 aliphatic rings. The lowest BCUT2D eigenvalue weighted by Gasteiger charge is -1.98. The minimum atomic E-state index is -0.393. The van der Waals surface area contributed by atoms with Gasteiger partial charge in [-0.1, -0.05) is 23.8 Å². The second kappa shape index (κ2) is 4.53. The van der Waals surface area contributed by atoms with Crippen LogP contribution in [0.3, 0.4) is 0 Å². The molecule has 0 spiro atoms. The second-order valence-electron chi connectivity index (χ2n) is 2.96. The Labute approximate surface area is 82.2 Å². The summed E-state index contributed by atoms with van der Waals surface area (Å²) in [5, 5.41) is 10.6. The Morgan fingerprint density at radius 3 is 2.86 bits per heavy atom. The van der Waals surface area contributed by atoms with E-state index in [1.807, 2.05) is 6.92 Å². The van der Waals surface area contributed by atoms with Crippen LogP contribution < -0.4 is 5.73 Å². The highest BCUT2D eigenvalue weighted by atomic mass is 16.6. The highest BCUT2D eigenvalue weighted by molar-refractivity contribution is 5.61. The number of nitro benzene ring substituents is 1. The molecule has 2 N–H and O–H groups in total. The standard InChI is InChI=1S/C10H12N2O2/c1-8-4-5-10(12(13)14)9(7-8)3-2-6-11/h2-5,7H,6,11H2,1H3/b3-2+. The molecule has 0 unspecified atom stereocenters. The molecular weight excluding hydrogens is 180 g/mol. The molecule has 0 fully saturated rings. The van der Waals surface area contributed by atoms with Crippen LogP contribution in [0.15, 0.2) is 24.3 Å². The van der Waals surface area contributed by atoms with E-state index in [-0.39, 0.29) is 5.69 Å². The van der Waals surface area contributed by atoms with Gasteiger partial charge in [0.1, 0.15) is 0 Å². The molecule has 4 nitrogen and oxygen atoms in total. The summed E-state index contributed by atoms with van der Waals surface area (Å²) in [6.45, 7) is 2.27. The maximum atomic E-state index is 10.6. The van der Waals surface area contributed by atoms with Gasteiger partial charge in [0.15, 0.2) is 0 Å². The quantitative estimate of drug-likeness (QED) is 0.587. The normalized spacial score (nSPS) is 10.7. The first-order chi connectivity index (χ1) is 6.65. The maximum absolute atomic E-state index is 10.6. The van der Waals surface area contributed by atoms with Crippen molar-refractivity contribution in [2.24, 2.45) is 5.73 Å². The van der Waals surface area contributed by atoms with Gasteiger partial charge in [0.05, 0.1) is 10.5 Å². The van der Waals surface area contributed by atoms with Crippen LogP contribution in [-0.4, -0.2) is 11.5 Å². The molecule has 0 radical (unpaired) electrons. The first kappa shape index (κ1) is 10.4. The SMILES string of the molecule is Cc1ccc([N+](=O)[O-])c(/C=C/CN)c1. The van der Waals surface area contributed by atoms with E-state index in [4.69, 9.17) is 5.73 Å². The van der Waals surface area contributed by atoms with E-state index in [0.29, 0.717) is 12.1 Å². The number of benzene rings is 1. The first-order valence-electron chi connectivity index (χ1n) is 4.27. The van der Waals surface area contributed by atoms with Gasteiger partial charge in [-0.05, 0) is 13.0 Å². The Kier molecular flexibility index (Phi) is 3.36. The highest BCUT2D eigenvalue weighted by Gasteiger charge is 2.10. The molecule has 14 heavy (non-hydrogen) atoms. The van der Waals surface area contributed by atoms with Gasteiger partial charge in [-0.2, -0.15) is 0 Å². The third kappa shape index (κ3) is 2.40. The average molecular weight is 192 g/mol. The third-order valence-corrected chi connectivity index (χ3v) is 1.81. The minimum absolute atomic E-state index is 0.111. The second-order valence-corrected chi connectivity index (χ2v) is 2.96. The van der Waals surface area contributed by atoms with Gasteiger partial charge in [-0.25, -0.2) is 0 Å². The summed E-state index contributed by atoms with van der Waals surface area (Å²) < 4.78 is 0. The van der Waals surface area contributed by atoms with Crippen molar-refractivity contribution in [2.75, 3.05) is 6.54 Å². The van der Waals surface area contributed by atoms with Crippen molar-refractivity contribution < 1.29 is 4.92 Å². The van der Waals surface area contributed by atoms with Gasteiger partial charge in [-0.3, -0.25) is 10.1 Å². The Morgan fingerprint density at radius 1 is 1.57 bits per heavy atom. The molecule has 1 aromatic rings. The molecule has 0 heterocycles. The van der Waals surface area contributed by atoms with Gasteiger partial charge >= 0.3 is 0 Å². The summed E-state index contributed by atoms with van der Waals surface area (Å²) in [6, 6.07) is 4.99. The van der Waals surface area contributed by atoms with Crippen molar-refractivity contribution in [3.8, 4) is 0 Å². The van der Waals surface area contributed by atoms with Gasteiger partial charge in [0.25, 0.3) is 5.69 Å². The van der Waals surface area contributed by atoms with Crippen LogP contribution in [0.1, 0.15) is 11.1 Å². The van der Waals surface area contributed by atoms with E-state index < -0.39 is 4.92 Å². The van der Waals surface area contributed by atoms with Crippen molar-refractivity contribution in [3.05, 3.63) is 45.5 Å². The van der Waals surface area contributed by atoms with E-state index in [9.17, 15) is 10.1 Å². The Balaban J connectivity index is 3.15. The van der Waals surface area contributed by atoms with E-state index in [1.54, 1.807) is 24.3 Å². The molecule has 0 aromatic heterocycles. The molecule has 4 heteroatoms. The number of nitrogens with two attached hydrogens (primary N) is 1. The van der Waals surface area contributed by atoms with Crippen molar-refractivity contribution in [1.82, 2.24) is 0 Å². The molecule has 1 rings (SSSR count). The predicted octanol–water partition coefficient (Wildman–Crippen LogP) is 1.88. The zero-order chi connectivity index (χ0) is 10.6. The summed E-state index contributed by atoms with van der Waals surface area (Å²) in [6.07, 6.45) is 3.37. The minimum Gasteiger partial charge on any atom is -0.327 e. The molecule has 0 aliphatic heterocycles. The van der Waals surface area contributed by atoms with Crippen LogP contribution in [0, 0.1) is 17.0 Å². The Hall–Kier alpha value is -1.68. The van der Waals surface area contributed by atoms with Crippen LogP contribution in [-0.2, 0) is 0 Å². The predicted molar refractivity (Wildman–Crippen MR) is 55.9 cm³/mol. The summed E-state index contributed by atoms with van der Waals surface area (Å²) in [5.41, 5.74) is 6.99. The number of rotatable bonds is 3. The highest BCUT2D eigenvalue weighted by Crippen LogP contribution is 2.20. The summed E-state index contributed by atoms with van der Waals surface area (Å²) >= 11 is 0. The summed E-state index contributed by atoms with van der Waals surface area (Å²) in [5.74, 6) is 0. The van der Waals surface area contributed by atoms with Crippen LogP contribution in [0.4, 0.5) is 5.69 Å². The molecule has 0 amide bonds. The molecule has 0 saturated carbocycles. The fourth-order valence-corrected chi connectivity index (χ4v) is 1.17. The number of aryl methyl sites for hydroxylation is 1. The zero-order valence-corrected chi connectivity index (χ0v) is 7.93. The maximum Gasteiger partial charge on any atom is 0.276 e. The number of hydrogen-bond acceptors (Lipinski definition) is 3. The first-order valence-corrected chi connectivity index (χ1v) is 4.27. The number of hydrogen-bond donors (Lipinski definition) is 1. The molecule has 0 atom stereocenters. The van der Waals surface area contributed by atoms with Gasteiger partial charge in [-0.15, -0.1) is 0 Å². The molecule has 74 valence electrons. The Morgan fingerprint density at radius 2 is 2.29 bits per heavy atom. The van der Waals surface area contributed by atoms with E-state index in [1.165, 1.54) is 6.07 Å². The summed E-state index contributed by atoms with van der Waals surface area (Å²) in [7, 11) is 0. The lowest BCUT2D eigenvalue weighted by atomic mass is 10.1. The lowest BCUT2D eigenvalue weighted by molar-refractivity contribution is -0.385. The van der Waals surface area contributed by atoms with Gasteiger partial charge in [0.2, 0.25) is 0 Å². The summed E-state index contributed by atoms with van der Waals surface area (Å²) in [4.78, 5) is 10.2. The third-order valence-electron chi connectivity index (χ3n) is 1.81. The van der Waals surface area contributed by atoms with Crippen molar-refractivity contribution >= 4 is 11.8 Å². The van der Waals surface area contributed by atoms with Crippen LogP contribution in [0.2, 0.25) is 0 Å². The van der Waals surface area contributed by atoms with E-state index in [2.05, 4.69) is 0 Å². The topological polar surface area (TPSA) is 69.2 Å². The van der Waals surface area contributed by atoms with Crippen LogP contribution >= 0.6 is 0 Å². The van der Waals surface area contributed by atoms with Gasteiger partial charge in [0, 0.05) is 12.6 Å². The molecule has 0 saturated heterocycles. The largest absolute Gasteiger partial charge is 0.327 e. The van der Waals surface area contributed by atoms with Crippen LogP contribution in [0.25, 0.3) is 6.08 Å². The number of nitro groups is 1. The number of nitrogens with zero attached hydrogens (tertiary/aromatic N) is 1. The zero-order valence-electron chi connectivity index (χ0n) is 7.93. The molecule has 0 aliphatic carbocycles. The average Bonchev–Trinajstić information content (AvgIpc) is 2.14. The van der Waals surface area contributed by atoms with Crippen LogP contribution in [0.5, 0.6) is 0 Å². The van der Waals surface area contributed by atoms with E-state index >= 15 is 0 Å². The van der Waals surface area contributed by atoms with E-state index in [0.717, 1.165) is 5.56 Å².